The molecule has 0 bridgehead atoms. The molecule has 1 amide bonds. The van der Waals surface area contributed by atoms with Gasteiger partial charge < -0.3 is 10.6 Å². The first-order chi connectivity index (χ1) is 9.72. The van der Waals surface area contributed by atoms with Crippen molar-refractivity contribution < 1.29 is 4.79 Å². The van der Waals surface area contributed by atoms with Crippen molar-refractivity contribution in [2.24, 2.45) is 0 Å². The average molecular weight is 288 g/mol. The highest BCUT2D eigenvalue weighted by Crippen LogP contribution is 2.17. The second kappa shape index (κ2) is 5.61. The highest BCUT2D eigenvalue weighted by atomic mass is 35.5. The Morgan fingerprint density at radius 2 is 2.05 bits per heavy atom. The van der Waals surface area contributed by atoms with Crippen LogP contribution in [-0.2, 0) is 17.8 Å². The molecule has 0 saturated heterocycles. The topological polar surface area (TPSA) is 54.0 Å². The molecule has 1 aliphatic rings. The van der Waals surface area contributed by atoms with Crippen LogP contribution in [0.25, 0.3) is 0 Å². The zero-order valence-electron chi connectivity index (χ0n) is 10.8. The fourth-order valence-electron chi connectivity index (χ4n) is 2.32. The monoisotopic (exact) mass is 287 g/mol. The van der Waals surface area contributed by atoms with Gasteiger partial charge in [0, 0.05) is 6.54 Å². The number of hydrogen-bond acceptors (Lipinski definition) is 3. The van der Waals surface area contributed by atoms with Gasteiger partial charge in [-0.25, -0.2) is 4.98 Å². The summed E-state index contributed by atoms with van der Waals surface area (Å²) >= 11 is 5.72. The molecule has 2 N–H and O–H groups in total. The largest absolute Gasteiger partial charge is 0.323 e. The molecule has 4 nitrogen and oxygen atoms in total. The van der Waals surface area contributed by atoms with Crippen LogP contribution >= 0.6 is 11.6 Å². The lowest BCUT2D eigenvalue weighted by Crippen LogP contribution is -2.44. The minimum Gasteiger partial charge on any atom is -0.323 e. The molecular formula is C15H14ClN3O. The molecule has 5 heteroatoms. The standard InChI is InChI=1S/C15H14ClN3O/c16-14-6-5-12(9-18-14)19-15(20)13-7-10-3-1-2-4-11(10)8-17-13/h1-6,9,13,17H,7-8H2,(H,19,20). The molecule has 0 spiro atoms. The number of aromatic nitrogens is 1. The number of benzene rings is 1. The summed E-state index contributed by atoms with van der Waals surface area (Å²) in [6.07, 6.45) is 2.25. The van der Waals surface area contributed by atoms with Crippen molar-refractivity contribution in [3.05, 3.63) is 58.9 Å². The molecule has 102 valence electrons. The van der Waals surface area contributed by atoms with Crippen LogP contribution in [-0.4, -0.2) is 16.9 Å². The second-order valence-corrected chi connectivity index (χ2v) is 5.15. The predicted octanol–water partition coefficient (Wildman–Crippen LogP) is 2.39. The van der Waals surface area contributed by atoms with Crippen LogP contribution in [0.4, 0.5) is 5.69 Å². The Hall–Kier alpha value is -1.91. The smallest absolute Gasteiger partial charge is 0.241 e. The first kappa shape index (κ1) is 13.1. The van der Waals surface area contributed by atoms with Gasteiger partial charge >= 0.3 is 0 Å². The zero-order chi connectivity index (χ0) is 13.9. The number of amides is 1. The average Bonchev–Trinajstić information content (AvgIpc) is 2.49. The Bertz CT molecular complexity index is 627. The van der Waals surface area contributed by atoms with Gasteiger partial charge in [-0.15, -0.1) is 0 Å². The van der Waals surface area contributed by atoms with Gasteiger partial charge in [-0.1, -0.05) is 35.9 Å². The van der Waals surface area contributed by atoms with Crippen LogP contribution in [0.15, 0.2) is 42.6 Å². The maximum absolute atomic E-state index is 12.2. The van der Waals surface area contributed by atoms with Gasteiger partial charge in [-0.2, -0.15) is 0 Å². The Kier molecular flexibility index (Phi) is 3.67. The Morgan fingerprint density at radius 3 is 2.80 bits per heavy atom. The zero-order valence-corrected chi connectivity index (χ0v) is 11.5. The fourth-order valence-corrected chi connectivity index (χ4v) is 2.43. The SMILES string of the molecule is O=C(Nc1ccc(Cl)nc1)C1Cc2ccccc2CN1. The van der Waals surface area contributed by atoms with Crippen LogP contribution in [0.5, 0.6) is 0 Å². The highest BCUT2D eigenvalue weighted by Gasteiger charge is 2.23. The van der Waals surface area contributed by atoms with Crippen molar-refractivity contribution in [2.45, 2.75) is 19.0 Å². The fraction of sp³-hybridized carbons (Fsp3) is 0.200. The summed E-state index contributed by atoms with van der Waals surface area (Å²) < 4.78 is 0. The van der Waals surface area contributed by atoms with Crippen LogP contribution < -0.4 is 10.6 Å². The van der Waals surface area contributed by atoms with E-state index in [-0.39, 0.29) is 11.9 Å². The number of fused-ring (bicyclic) bond motifs is 1. The third-order valence-electron chi connectivity index (χ3n) is 3.39. The molecule has 2 heterocycles. The molecular weight excluding hydrogens is 274 g/mol. The maximum Gasteiger partial charge on any atom is 0.241 e. The van der Waals surface area contributed by atoms with E-state index < -0.39 is 0 Å². The van der Waals surface area contributed by atoms with Crippen LogP contribution in [0, 0.1) is 0 Å². The van der Waals surface area contributed by atoms with Gasteiger partial charge in [0.15, 0.2) is 0 Å². The molecule has 20 heavy (non-hydrogen) atoms. The van der Waals surface area contributed by atoms with Gasteiger partial charge in [-0.3, -0.25) is 4.79 Å². The van der Waals surface area contributed by atoms with E-state index in [0.29, 0.717) is 23.8 Å². The molecule has 3 rings (SSSR count). The normalized spacial score (nSPS) is 17.4. The summed E-state index contributed by atoms with van der Waals surface area (Å²) in [6.45, 7) is 0.715. The third kappa shape index (κ3) is 2.81. The highest BCUT2D eigenvalue weighted by molar-refractivity contribution is 6.29. The van der Waals surface area contributed by atoms with Crippen LogP contribution in [0.1, 0.15) is 11.1 Å². The number of carbonyl (C=O) groups is 1. The number of hydrogen-bond donors (Lipinski definition) is 2. The van der Waals surface area contributed by atoms with E-state index in [2.05, 4.69) is 27.8 Å². The number of rotatable bonds is 2. The summed E-state index contributed by atoms with van der Waals surface area (Å²) in [7, 11) is 0. The van der Waals surface area contributed by atoms with Crippen molar-refractivity contribution in [1.82, 2.24) is 10.3 Å². The summed E-state index contributed by atoms with van der Waals surface area (Å²) in [4.78, 5) is 16.2. The minimum absolute atomic E-state index is 0.0522. The molecule has 1 aliphatic heterocycles. The lowest BCUT2D eigenvalue weighted by molar-refractivity contribution is -0.118. The Labute approximate surface area is 122 Å². The summed E-state index contributed by atoms with van der Waals surface area (Å²) in [5.41, 5.74) is 3.13. The number of nitrogens with one attached hydrogen (secondary N) is 2. The lowest BCUT2D eigenvalue weighted by atomic mass is 9.95. The number of nitrogens with zero attached hydrogens (tertiary/aromatic N) is 1. The van der Waals surface area contributed by atoms with Gasteiger partial charge in [0.05, 0.1) is 17.9 Å². The Morgan fingerprint density at radius 1 is 1.25 bits per heavy atom. The van der Waals surface area contributed by atoms with E-state index in [1.807, 2.05) is 12.1 Å². The molecule has 0 saturated carbocycles. The van der Waals surface area contributed by atoms with Gasteiger partial charge in [0.25, 0.3) is 0 Å². The first-order valence-electron chi connectivity index (χ1n) is 6.45. The predicted molar refractivity (Wildman–Crippen MR) is 78.7 cm³/mol. The van der Waals surface area contributed by atoms with E-state index in [1.165, 1.54) is 11.1 Å². The summed E-state index contributed by atoms with van der Waals surface area (Å²) in [5.74, 6) is -0.0522. The maximum atomic E-state index is 12.2. The molecule has 1 aromatic carbocycles. The van der Waals surface area contributed by atoms with Crippen molar-refractivity contribution in [3.8, 4) is 0 Å². The number of halogens is 1. The van der Waals surface area contributed by atoms with Gasteiger partial charge in [0.1, 0.15) is 5.15 Å². The summed E-state index contributed by atoms with van der Waals surface area (Å²) in [5, 5.41) is 6.51. The number of carbonyl (C=O) groups excluding carboxylic acids is 1. The molecule has 0 aliphatic carbocycles. The molecule has 1 atom stereocenters. The molecule has 2 aromatic rings. The van der Waals surface area contributed by atoms with Crippen LogP contribution in [0.2, 0.25) is 5.15 Å². The minimum atomic E-state index is -0.222. The van der Waals surface area contributed by atoms with E-state index in [0.717, 1.165) is 0 Å². The molecule has 0 fully saturated rings. The molecule has 1 aromatic heterocycles. The van der Waals surface area contributed by atoms with E-state index in [4.69, 9.17) is 11.6 Å². The quantitative estimate of drug-likeness (QED) is 0.834. The van der Waals surface area contributed by atoms with Gasteiger partial charge in [-0.05, 0) is 29.7 Å². The van der Waals surface area contributed by atoms with Crippen molar-refractivity contribution in [1.29, 1.82) is 0 Å². The van der Waals surface area contributed by atoms with Crippen LogP contribution in [0.3, 0.4) is 0 Å². The van der Waals surface area contributed by atoms with E-state index in [1.54, 1.807) is 18.3 Å². The van der Waals surface area contributed by atoms with Crippen molar-refractivity contribution >= 4 is 23.2 Å². The second-order valence-electron chi connectivity index (χ2n) is 4.77. The lowest BCUT2D eigenvalue weighted by Gasteiger charge is -2.25. The summed E-state index contributed by atoms with van der Waals surface area (Å²) in [6, 6.07) is 11.3. The third-order valence-corrected chi connectivity index (χ3v) is 3.62. The van der Waals surface area contributed by atoms with Crippen molar-refractivity contribution in [2.75, 3.05) is 5.32 Å². The number of pyridine rings is 1. The van der Waals surface area contributed by atoms with E-state index >= 15 is 0 Å². The first-order valence-corrected chi connectivity index (χ1v) is 6.83. The Balaban J connectivity index is 1.68. The van der Waals surface area contributed by atoms with Gasteiger partial charge in [0.2, 0.25) is 5.91 Å². The van der Waals surface area contributed by atoms with E-state index in [9.17, 15) is 4.79 Å². The number of anilines is 1. The van der Waals surface area contributed by atoms with Crippen molar-refractivity contribution in [3.63, 3.8) is 0 Å². The molecule has 1 unspecified atom stereocenters. The molecule has 0 radical (unpaired) electrons.